The summed E-state index contributed by atoms with van der Waals surface area (Å²) in [5.41, 5.74) is 1.27. The molecular weight excluding hydrogens is 250 g/mol. The summed E-state index contributed by atoms with van der Waals surface area (Å²) in [6, 6.07) is 6.67. The molecule has 1 aromatic rings. The van der Waals surface area contributed by atoms with Gasteiger partial charge in [-0.15, -0.1) is 0 Å². The molecule has 114 valence electrons. The van der Waals surface area contributed by atoms with Crippen LogP contribution in [0.15, 0.2) is 18.2 Å². The van der Waals surface area contributed by atoms with E-state index in [2.05, 4.69) is 45.1 Å². The second-order valence-corrected chi connectivity index (χ2v) is 5.43. The van der Waals surface area contributed by atoms with Gasteiger partial charge in [0.15, 0.2) is 11.5 Å². The third kappa shape index (κ3) is 5.41. The van der Waals surface area contributed by atoms with E-state index in [1.807, 2.05) is 6.07 Å². The first-order valence-electron chi connectivity index (χ1n) is 7.67. The molecule has 0 heterocycles. The fourth-order valence-corrected chi connectivity index (χ4v) is 2.10. The highest BCUT2D eigenvalue weighted by Crippen LogP contribution is 2.29. The van der Waals surface area contributed by atoms with Gasteiger partial charge in [0.05, 0.1) is 7.11 Å². The van der Waals surface area contributed by atoms with Crippen LogP contribution in [-0.4, -0.2) is 25.8 Å². The third-order valence-electron chi connectivity index (χ3n) is 3.29. The number of methoxy groups -OCH3 is 1. The zero-order valence-corrected chi connectivity index (χ0v) is 13.5. The molecule has 3 heteroatoms. The molecule has 0 saturated carbocycles. The first-order valence-corrected chi connectivity index (χ1v) is 7.67. The van der Waals surface area contributed by atoms with Gasteiger partial charge in [-0.3, -0.25) is 0 Å². The van der Waals surface area contributed by atoms with Gasteiger partial charge in [-0.05, 0) is 30.5 Å². The van der Waals surface area contributed by atoms with Crippen molar-refractivity contribution in [2.24, 2.45) is 0 Å². The van der Waals surface area contributed by atoms with Gasteiger partial charge in [0.25, 0.3) is 0 Å². The molecule has 0 saturated heterocycles. The van der Waals surface area contributed by atoms with Crippen LogP contribution in [0.3, 0.4) is 0 Å². The van der Waals surface area contributed by atoms with Crippen LogP contribution >= 0.6 is 0 Å². The maximum atomic E-state index is 6.14. The lowest BCUT2D eigenvalue weighted by molar-refractivity contribution is 0.176. The number of aryl methyl sites for hydroxylation is 1. The summed E-state index contributed by atoms with van der Waals surface area (Å²) in [4.78, 5) is 0. The Kier molecular flexibility index (Phi) is 7.45. The molecule has 3 nitrogen and oxygen atoms in total. The summed E-state index contributed by atoms with van der Waals surface area (Å²) in [5, 5.41) is 3.44. The third-order valence-corrected chi connectivity index (χ3v) is 3.29. The summed E-state index contributed by atoms with van der Waals surface area (Å²) < 4.78 is 11.6. The predicted octanol–water partition coefficient (Wildman–Crippen LogP) is 3.80. The second kappa shape index (κ2) is 8.85. The monoisotopic (exact) mass is 279 g/mol. The highest BCUT2D eigenvalue weighted by Gasteiger charge is 2.13. The number of ether oxygens (including phenoxy) is 2. The van der Waals surface area contributed by atoms with Crippen LogP contribution in [0.5, 0.6) is 11.5 Å². The van der Waals surface area contributed by atoms with Gasteiger partial charge in [-0.25, -0.2) is 0 Å². The second-order valence-electron chi connectivity index (χ2n) is 5.43. The zero-order chi connectivity index (χ0) is 15.0. The first kappa shape index (κ1) is 16.8. The molecule has 0 aromatic heterocycles. The molecule has 0 aliphatic rings. The first-order chi connectivity index (χ1) is 9.60. The lowest BCUT2D eigenvalue weighted by atomic mass is 10.1. The van der Waals surface area contributed by atoms with E-state index in [-0.39, 0.29) is 6.10 Å². The average molecular weight is 279 g/mol. The van der Waals surface area contributed by atoms with E-state index in [9.17, 15) is 0 Å². The summed E-state index contributed by atoms with van der Waals surface area (Å²) in [6.07, 6.45) is 3.34. The lowest BCUT2D eigenvalue weighted by Crippen LogP contribution is -2.35. The largest absolute Gasteiger partial charge is 0.493 e. The molecule has 1 N–H and O–H groups in total. The fraction of sp³-hybridized carbons (Fsp3) is 0.647. The molecule has 1 unspecified atom stereocenters. The molecule has 0 aliphatic carbocycles. The Bertz CT molecular complexity index is 391. The van der Waals surface area contributed by atoms with E-state index in [1.54, 1.807) is 7.11 Å². The minimum absolute atomic E-state index is 0.184. The van der Waals surface area contributed by atoms with E-state index < -0.39 is 0 Å². The summed E-state index contributed by atoms with van der Waals surface area (Å²) in [7, 11) is 1.70. The van der Waals surface area contributed by atoms with Crippen molar-refractivity contribution in [3.05, 3.63) is 23.8 Å². The highest BCUT2D eigenvalue weighted by atomic mass is 16.5. The van der Waals surface area contributed by atoms with Crippen LogP contribution in [0.25, 0.3) is 0 Å². The van der Waals surface area contributed by atoms with Crippen LogP contribution < -0.4 is 14.8 Å². The number of hydrogen-bond donors (Lipinski definition) is 1. The van der Waals surface area contributed by atoms with Crippen molar-refractivity contribution >= 4 is 0 Å². The maximum Gasteiger partial charge on any atom is 0.161 e. The zero-order valence-electron chi connectivity index (χ0n) is 13.5. The fourth-order valence-electron chi connectivity index (χ4n) is 2.10. The van der Waals surface area contributed by atoms with Crippen LogP contribution in [0.4, 0.5) is 0 Å². The van der Waals surface area contributed by atoms with Crippen molar-refractivity contribution in [3.8, 4) is 11.5 Å². The van der Waals surface area contributed by atoms with Crippen molar-refractivity contribution in [1.29, 1.82) is 0 Å². The van der Waals surface area contributed by atoms with Gasteiger partial charge in [0.2, 0.25) is 0 Å². The Balaban J connectivity index is 2.76. The van der Waals surface area contributed by atoms with Crippen molar-refractivity contribution in [2.45, 2.75) is 59.1 Å². The molecule has 1 atom stereocenters. The van der Waals surface area contributed by atoms with Crippen molar-refractivity contribution in [2.75, 3.05) is 13.7 Å². The molecule has 0 amide bonds. The van der Waals surface area contributed by atoms with Gasteiger partial charge in [-0.1, -0.05) is 40.2 Å². The minimum Gasteiger partial charge on any atom is -0.493 e. The SMILES string of the molecule is CCCC(CNC(C)C)Oc1ccc(CC)cc1OC. The topological polar surface area (TPSA) is 30.5 Å². The van der Waals surface area contributed by atoms with E-state index in [0.29, 0.717) is 6.04 Å². The average Bonchev–Trinajstić information content (AvgIpc) is 2.45. The van der Waals surface area contributed by atoms with Gasteiger partial charge in [-0.2, -0.15) is 0 Å². The van der Waals surface area contributed by atoms with E-state index in [4.69, 9.17) is 9.47 Å². The van der Waals surface area contributed by atoms with Gasteiger partial charge >= 0.3 is 0 Å². The number of benzene rings is 1. The van der Waals surface area contributed by atoms with Crippen LogP contribution in [0.1, 0.15) is 46.1 Å². The Morgan fingerprint density at radius 3 is 2.45 bits per heavy atom. The Morgan fingerprint density at radius 2 is 1.90 bits per heavy atom. The summed E-state index contributed by atoms with van der Waals surface area (Å²) in [6.45, 7) is 9.49. The van der Waals surface area contributed by atoms with Crippen molar-refractivity contribution in [1.82, 2.24) is 5.32 Å². The summed E-state index contributed by atoms with van der Waals surface area (Å²) in [5.74, 6) is 1.67. The molecule has 20 heavy (non-hydrogen) atoms. The molecule has 0 aliphatic heterocycles. The Hall–Kier alpha value is -1.22. The molecule has 0 fully saturated rings. The van der Waals surface area contributed by atoms with Crippen molar-refractivity contribution < 1.29 is 9.47 Å². The van der Waals surface area contributed by atoms with E-state index in [1.165, 1.54) is 5.56 Å². The Morgan fingerprint density at radius 1 is 1.15 bits per heavy atom. The number of nitrogens with one attached hydrogen (secondary N) is 1. The summed E-state index contributed by atoms with van der Waals surface area (Å²) >= 11 is 0. The van der Waals surface area contributed by atoms with Crippen molar-refractivity contribution in [3.63, 3.8) is 0 Å². The lowest BCUT2D eigenvalue weighted by Gasteiger charge is -2.22. The van der Waals surface area contributed by atoms with Crippen LogP contribution in [0.2, 0.25) is 0 Å². The molecule has 0 bridgehead atoms. The minimum atomic E-state index is 0.184. The molecule has 0 radical (unpaired) electrons. The quantitative estimate of drug-likeness (QED) is 0.745. The molecule has 0 spiro atoms. The predicted molar refractivity (Wildman–Crippen MR) is 84.8 cm³/mol. The van der Waals surface area contributed by atoms with Gasteiger partial charge in [0, 0.05) is 12.6 Å². The van der Waals surface area contributed by atoms with E-state index in [0.717, 1.165) is 37.3 Å². The van der Waals surface area contributed by atoms with Crippen LogP contribution in [0, 0.1) is 0 Å². The maximum absolute atomic E-state index is 6.14. The standard InChI is InChI=1S/C17H29NO2/c1-6-8-15(12-18-13(3)4)20-16-10-9-14(7-2)11-17(16)19-5/h9-11,13,15,18H,6-8,12H2,1-5H3. The van der Waals surface area contributed by atoms with E-state index >= 15 is 0 Å². The smallest absolute Gasteiger partial charge is 0.161 e. The number of hydrogen-bond acceptors (Lipinski definition) is 3. The number of rotatable bonds is 9. The Labute approximate surface area is 123 Å². The van der Waals surface area contributed by atoms with Gasteiger partial charge < -0.3 is 14.8 Å². The normalized spacial score (nSPS) is 12.5. The molecule has 1 aromatic carbocycles. The molecule has 1 rings (SSSR count). The highest BCUT2D eigenvalue weighted by molar-refractivity contribution is 5.43. The van der Waals surface area contributed by atoms with Gasteiger partial charge in [0.1, 0.15) is 6.10 Å². The molecular formula is C17H29NO2. The van der Waals surface area contributed by atoms with Crippen LogP contribution in [-0.2, 0) is 6.42 Å².